The fourth-order valence-corrected chi connectivity index (χ4v) is 0.684. The number of ether oxygens (including phenoxy) is 1. The first kappa shape index (κ1) is 24.2. The van der Waals surface area contributed by atoms with Gasteiger partial charge in [0.2, 0.25) is 0 Å². The monoisotopic (exact) mass is 358 g/mol. The number of rotatable bonds is 5. The number of aliphatic hydroxyl groups is 1. The molecule has 3 nitrogen and oxygen atoms in total. The maximum atomic E-state index is 12.3. The second-order valence-electron chi connectivity index (χ2n) is 5.99. The maximum Gasteiger partial charge on any atom is 0.454 e. The number of esters is 1. The lowest BCUT2D eigenvalue weighted by atomic mass is 9.90. The molecule has 0 aromatic carbocycles. The standard InChI is InChI=1S/C10H19FO2.C3H2F6O/c1-6-9(2,3)8(12)13-10(4,5)7-11;4-1(5)2(6,10)3(7,8)9/h6-7H2,1-5H3;1,10H. The van der Waals surface area contributed by atoms with Crippen LogP contribution in [0.15, 0.2) is 0 Å². The number of carbonyl (C=O) groups excluding carboxylic acids is 1. The van der Waals surface area contributed by atoms with Gasteiger partial charge in [-0.15, -0.1) is 0 Å². The van der Waals surface area contributed by atoms with Crippen LogP contribution in [-0.4, -0.2) is 41.8 Å². The molecule has 0 aliphatic rings. The van der Waals surface area contributed by atoms with E-state index in [1.165, 1.54) is 0 Å². The van der Waals surface area contributed by atoms with Crippen molar-refractivity contribution in [3.8, 4) is 0 Å². The van der Waals surface area contributed by atoms with E-state index in [-0.39, 0.29) is 5.97 Å². The number of alkyl halides is 7. The van der Waals surface area contributed by atoms with Gasteiger partial charge in [0.15, 0.2) is 0 Å². The molecule has 0 spiro atoms. The molecule has 1 atom stereocenters. The largest absolute Gasteiger partial charge is 0.456 e. The van der Waals surface area contributed by atoms with Gasteiger partial charge in [0.25, 0.3) is 0 Å². The van der Waals surface area contributed by atoms with Gasteiger partial charge >= 0.3 is 24.4 Å². The average molecular weight is 358 g/mol. The van der Waals surface area contributed by atoms with Gasteiger partial charge in [0.05, 0.1) is 5.41 Å². The molecular weight excluding hydrogens is 337 g/mol. The molecule has 0 radical (unpaired) electrons. The highest BCUT2D eigenvalue weighted by molar-refractivity contribution is 5.76. The summed E-state index contributed by atoms with van der Waals surface area (Å²) >= 11 is 0. The molecule has 0 aliphatic carbocycles. The number of halogens is 7. The molecule has 0 aliphatic heterocycles. The Labute approximate surface area is 129 Å². The average Bonchev–Trinajstić information content (AvgIpc) is 2.37. The second kappa shape index (κ2) is 8.16. The van der Waals surface area contributed by atoms with Crippen LogP contribution in [0.4, 0.5) is 30.7 Å². The zero-order valence-corrected chi connectivity index (χ0v) is 13.4. The van der Waals surface area contributed by atoms with E-state index in [9.17, 15) is 35.5 Å². The van der Waals surface area contributed by atoms with Gasteiger partial charge in [-0.25, -0.2) is 13.2 Å². The van der Waals surface area contributed by atoms with Crippen LogP contribution in [0.3, 0.4) is 0 Å². The molecule has 0 fully saturated rings. The molecule has 0 rings (SSSR count). The van der Waals surface area contributed by atoms with Gasteiger partial charge < -0.3 is 9.84 Å². The van der Waals surface area contributed by atoms with E-state index in [1.807, 2.05) is 6.92 Å². The van der Waals surface area contributed by atoms with E-state index in [1.54, 1.807) is 27.7 Å². The summed E-state index contributed by atoms with van der Waals surface area (Å²) in [6.45, 7) is 7.98. The van der Waals surface area contributed by atoms with Crippen molar-refractivity contribution in [2.24, 2.45) is 5.41 Å². The number of hydrogen-bond acceptors (Lipinski definition) is 3. The third-order valence-corrected chi connectivity index (χ3v) is 2.81. The van der Waals surface area contributed by atoms with Crippen LogP contribution >= 0.6 is 0 Å². The lowest BCUT2D eigenvalue weighted by Crippen LogP contribution is -2.47. The highest BCUT2D eigenvalue weighted by atomic mass is 19.4. The van der Waals surface area contributed by atoms with Gasteiger partial charge in [-0.05, 0) is 34.1 Å². The Kier molecular flexibility index (Phi) is 8.59. The molecule has 0 bridgehead atoms. The van der Waals surface area contributed by atoms with Gasteiger partial charge in [-0.3, -0.25) is 4.79 Å². The van der Waals surface area contributed by atoms with Gasteiger partial charge in [-0.2, -0.15) is 17.6 Å². The van der Waals surface area contributed by atoms with Crippen LogP contribution in [-0.2, 0) is 9.53 Å². The fourth-order valence-electron chi connectivity index (χ4n) is 0.684. The molecule has 0 aromatic heterocycles. The van der Waals surface area contributed by atoms with E-state index < -0.39 is 36.1 Å². The van der Waals surface area contributed by atoms with Crippen LogP contribution in [0.2, 0.25) is 0 Å². The molecule has 0 saturated heterocycles. The topological polar surface area (TPSA) is 46.5 Å². The first-order chi connectivity index (χ1) is 9.94. The minimum absolute atomic E-state index is 0.336. The zero-order chi connectivity index (χ0) is 19.3. The quantitative estimate of drug-likeness (QED) is 0.592. The molecule has 23 heavy (non-hydrogen) atoms. The van der Waals surface area contributed by atoms with E-state index in [2.05, 4.69) is 0 Å². The minimum Gasteiger partial charge on any atom is -0.456 e. The summed E-state index contributed by atoms with van der Waals surface area (Å²) in [5, 5.41) is 7.39. The summed E-state index contributed by atoms with van der Waals surface area (Å²) in [7, 11) is 0. The van der Waals surface area contributed by atoms with Gasteiger partial charge in [0.1, 0.15) is 12.3 Å². The molecule has 0 saturated carbocycles. The van der Waals surface area contributed by atoms with Crippen LogP contribution in [0, 0.1) is 5.41 Å². The molecule has 1 N–H and O–H groups in total. The molecule has 10 heteroatoms. The van der Waals surface area contributed by atoms with Crippen LogP contribution in [0.5, 0.6) is 0 Å². The zero-order valence-electron chi connectivity index (χ0n) is 13.4. The third-order valence-electron chi connectivity index (χ3n) is 2.81. The summed E-state index contributed by atoms with van der Waals surface area (Å²) in [5.74, 6) is -5.73. The van der Waals surface area contributed by atoms with Crippen molar-refractivity contribution in [2.45, 2.75) is 65.1 Å². The summed E-state index contributed by atoms with van der Waals surface area (Å²) in [4.78, 5) is 11.5. The SMILES string of the molecule is CCC(C)(C)C(=O)OC(C)(C)CF.OC(F)(C(F)F)C(F)(F)F. The molecule has 140 valence electrons. The van der Waals surface area contributed by atoms with Gasteiger partial charge in [0, 0.05) is 0 Å². The van der Waals surface area contributed by atoms with E-state index in [0.717, 1.165) is 0 Å². The summed E-state index contributed by atoms with van der Waals surface area (Å²) in [6, 6.07) is 0. The van der Waals surface area contributed by atoms with Crippen molar-refractivity contribution in [1.82, 2.24) is 0 Å². The Morgan fingerprint density at radius 1 is 1.09 bits per heavy atom. The molecular formula is C13H21F7O3. The maximum absolute atomic E-state index is 12.3. The van der Waals surface area contributed by atoms with Crippen molar-refractivity contribution in [3.63, 3.8) is 0 Å². The minimum atomic E-state index is -5.94. The Morgan fingerprint density at radius 3 is 1.65 bits per heavy atom. The predicted octanol–water partition coefficient (Wildman–Crippen LogP) is 4.19. The fraction of sp³-hybridized carbons (Fsp3) is 0.923. The van der Waals surface area contributed by atoms with Crippen LogP contribution in [0.25, 0.3) is 0 Å². The van der Waals surface area contributed by atoms with Crippen molar-refractivity contribution < 1.29 is 45.4 Å². The normalized spacial score (nSPS) is 15.6. The lowest BCUT2D eigenvalue weighted by Gasteiger charge is -2.28. The predicted molar refractivity (Wildman–Crippen MR) is 68.3 cm³/mol. The summed E-state index contributed by atoms with van der Waals surface area (Å²) in [5.41, 5.74) is -1.52. The molecule has 0 heterocycles. The highest BCUT2D eigenvalue weighted by Crippen LogP contribution is 2.36. The first-order valence-corrected chi connectivity index (χ1v) is 6.50. The highest BCUT2D eigenvalue weighted by Gasteiger charge is 2.62. The molecule has 0 aromatic rings. The Balaban J connectivity index is 0. The second-order valence-corrected chi connectivity index (χ2v) is 5.99. The molecule has 1 unspecified atom stereocenters. The lowest BCUT2D eigenvalue weighted by molar-refractivity contribution is -0.352. The van der Waals surface area contributed by atoms with E-state index in [0.29, 0.717) is 6.42 Å². The van der Waals surface area contributed by atoms with Crippen molar-refractivity contribution in [1.29, 1.82) is 0 Å². The van der Waals surface area contributed by atoms with E-state index >= 15 is 0 Å². The molecule has 0 amide bonds. The van der Waals surface area contributed by atoms with Crippen molar-refractivity contribution in [2.75, 3.05) is 6.67 Å². The Hall–Kier alpha value is -1.06. The smallest absolute Gasteiger partial charge is 0.454 e. The summed E-state index contributed by atoms with van der Waals surface area (Å²) < 4.78 is 83.6. The number of carbonyl (C=O) groups is 1. The Morgan fingerprint density at radius 2 is 1.48 bits per heavy atom. The van der Waals surface area contributed by atoms with E-state index in [4.69, 9.17) is 9.84 Å². The van der Waals surface area contributed by atoms with Crippen molar-refractivity contribution >= 4 is 5.97 Å². The first-order valence-electron chi connectivity index (χ1n) is 6.50. The van der Waals surface area contributed by atoms with Crippen LogP contribution < -0.4 is 0 Å². The summed E-state index contributed by atoms with van der Waals surface area (Å²) in [6.07, 6.45) is -9.73. The Bertz CT molecular complexity index is 376. The van der Waals surface area contributed by atoms with Crippen LogP contribution in [0.1, 0.15) is 41.0 Å². The number of hydrogen-bond donors (Lipinski definition) is 1. The van der Waals surface area contributed by atoms with Crippen molar-refractivity contribution in [3.05, 3.63) is 0 Å². The van der Waals surface area contributed by atoms with Gasteiger partial charge in [-0.1, -0.05) is 6.92 Å². The third kappa shape index (κ3) is 7.85.